The maximum Gasteiger partial charge on any atom is 0.231 e. The Labute approximate surface area is 160 Å². The number of fused-ring (bicyclic) bond motifs is 1. The highest BCUT2D eigenvalue weighted by molar-refractivity contribution is 6.31. The van der Waals surface area contributed by atoms with E-state index in [0.717, 1.165) is 5.56 Å². The van der Waals surface area contributed by atoms with Crippen molar-refractivity contribution in [1.82, 2.24) is 0 Å². The van der Waals surface area contributed by atoms with Crippen LogP contribution in [0.2, 0.25) is 5.02 Å². The van der Waals surface area contributed by atoms with Crippen molar-refractivity contribution >= 4 is 23.5 Å². The quantitative estimate of drug-likeness (QED) is 0.547. The zero-order valence-corrected chi connectivity index (χ0v) is 14.9. The summed E-state index contributed by atoms with van der Waals surface area (Å²) in [7, 11) is 0. The summed E-state index contributed by atoms with van der Waals surface area (Å²) in [4.78, 5) is 12.5. The van der Waals surface area contributed by atoms with Crippen LogP contribution in [-0.2, 0) is 6.61 Å². The summed E-state index contributed by atoms with van der Waals surface area (Å²) in [5, 5.41) is 0.625. The fourth-order valence-corrected chi connectivity index (χ4v) is 2.96. The number of hydrogen-bond donors (Lipinski definition) is 0. The predicted octanol–water partition coefficient (Wildman–Crippen LogP) is 5.67. The van der Waals surface area contributed by atoms with Crippen molar-refractivity contribution < 1.29 is 18.7 Å². The highest BCUT2D eigenvalue weighted by Crippen LogP contribution is 2.35. The van der Waals surface area contributed by atoms with E-state index in [4.69, 9.17) is 21.1 Å². The molecule has 3 aromatic rings. The van der Waals surface area contributed by atoms with Gasteiger partial charge in [-0.15, -0.1) is 0 Å². The van der Waals surface area contributed by atoms with E-state index in [0.29, 0.717) is 34.3 Å². The first-order chi connectivity index (χ1) is 13.1. The molecule has 0 saturated carbocycles. The molecule has 4 rings (SSSR count). The predicted molar refractivity (Wildman–Crippen MR) is 102 cm³/mol. The van der Waals surface area contributed by atoms with Gasteiger partial charge in [-0.1, -0.05) is 48.0 Å². The Morgan fingerprint density at radius 1 is 1.04 bits per heavy atom. The van der Waals surface area contributed by atoms with Crippen LogP contribution >= 0.6 is 11.6 Å². The summed E-state index contributed by atoms with van der Waals surface area (Å²) in [6, 6.07) is 18.6. The Morgan fingerprint density at radius 3 is 2.63 bits per heavy atom. The zero-order chi connectivity index (χ0) is 18.8. The minimum atomic E-state index is -0.416. The smallest absolute Gasteiger partial charge is 0.231 e. The third-order valence-electron chi connectivity index (χ3n) is 4.19. The van der Waals surface area contributed by atoms with Crippen molar-refractivity contribution in [3.8, 4) is 11.5 Å². The number of carbonyl (C=O) groups is 1. The maximum atomic E-state index is 13.8. The van der Waals surface area contributed by atoms with Gasteiger partial charge < -0.3 is 9.47 Å². The van der Waals surface area contributed by atoms with E-state index in [1.807, 2.05) is 18.2 Å². The average molecular weight is 381 g/mol. The monoisotopic (exact) mass is 380 g/mol. The lowest BCUT2D eigenvalue weighted by atomic mass is 10.1. The van der Waals surface area contributed by atoms with Gasteiger partial charge in [0.2, 0.25) is 5.78 Å². The Morgan fingerprint density at radius 2 is 1.81 bits per heavy atom. The second-order valence-corrected chi connectivity index (χ2v) is 6.41. The number of Topliss-reactive ketones (excluding diaryl/α,β-unsaturated/α-hetero) is 1. The zero-order valence-electron chi connectivity index (χ0n) is 14.1. The molecule has 0 aromatic heterocycles. The van der Waals surface area contributed by atoms with E-state index in [1.54, 1.807) is 42.5 Å². The standard InChI is InChI=1S/C22H14ClFO3/c23-18-7-3-1-6-15(18)13-26-16-9-10-17-20(12-16)27-21(22(17)25)11-14-5-2-4-8-19(14)24/h1-12H,13H2. The molecular weight excluding hydrogens is 367 g/mol. The van der Waals surface area contributed by atoms with Crippen molar-refractivity contribution in [3.63, 3.8) is 0 Å². The Balaban J connectivity index is 1.54. The molecule has 5 heteroatoms. The Bertz CT molecular complexity index is 1060. The molecule has 0 amide bonds. The van der Waals surface area contributed by atoms with Crippen LogP contribution in [0.4, 0.5) is 4.39 Å². The number of ketones is 1. The fourth-order valence-electron chi connectivity index (χ4n) is 2.77. The number of benzene rings is 3. The molecule has 3 nitrogen and oxygen atoms in total. The molecule has 0 atom stereocenters. The van der Waals surface area contributed by atoms with Gasteiger partial charge in [0.05, 0.1) is 5.56 Å². The van der Waals surface area contributed by atoms with Gasteiger partial charge >= 0.3 is 0 Å². The molecule has 0 radical (unpaired) electrons. The number of ether oxygens (including phenoxy) is 2. The lowest BCUT2D eigenvalue weighted by Crippen LogP contribution is -1.98. The molecule has 27 heavy (non-hydrogen) atoms. The van der Waals surface area contributed by atoms with Crippen LogP contribution in [0.25, 0.3) is 6.08 Å². The van der Waals surface area contributed by atoms with E-state index >= 15 is 0 Å². The van der Waals surface area contributed by atoms with Gasteiger partial charge in [-0.25, -0.2) is 4.39 Å². The highest BCUT2D eigenvalue weighted by atomic mass is 35.5. The summed E-state index contributed by atoms with van der Waals surface area (Å²) < 4.78 is 25.2. The van der Waals surface area contributed by atoms with Crippen molar-refractivity contribution in [2.45, 2.75) is 6.61 Å². The van der Waals surface area contributed by atoms with Crippen molar-refractivity contribution in [2.75, 3.05) is 0 Å². The number of rotatable bonds is 4. The summed E-state index contributed by atoms with van der Waals surface area (Å²) in [6.07, 6.45) is 1.40. The van der Waals surface area contributed by atoms with Crippen LogP contribution in [0.5, 0.6) is 11.5 Å². The third kappa shape index (κ3) is 3.57. The number of halogens is 2. The summed E-state index contributed by atoms with van der Waals surface area (Å²) in [5.41, 5.74) is 1.57. The highest BCUT2D eigenvalue weighted by Gasteiger charge is 2.28. The molecule has 0 unspecified atom stereocenters. The molecule has 3 aromatic carbocycles. The molecule has 0 N–H and O–H groups in total. The summed E-state index contributed by atoms with van der Waals surface area (Å²) in [5.74, 6) is 0.318. The largest absolute Gasteiger partial charge is 0.489 e. The van der Waals surface area contributed by atoms with Gasteiger partial charge in [-0.3, -0.25) is 4.79 Å². The molecule has 0 spiro atoms. The second kappa shape index (κ2) is 7.25. The van der Waals surface area contributed by atoms with Gasteiger partial charge in [-0.2, -0.15) is 0 Å². The van der Waals surface area contributed by atoms with Crippen LogP contribution in [-0.4, -0.2) is 5.78 Å². The van der Waals surface area contributed by atoms with E-state index < -0.39 is 5.82 Å². The molecule has 1 aliphatic rings. The SMILES string of the molecule is O=C1C(=Cc2ccccc2F)Oc2cc(OCc3ccccc3Cl)ccc21. The van der Waals surface area contributed by atoms with Crippen LogP contribution in [0.15, 0.2) is 72.5 Å². The van der Waals surface area contributed by atoms with E-state index in [-0.39, 0.29) is 11.5 Å². The molecule has 1 heterocycles. The van der Waals surface area contributed by atoms with E-state index in [1.165, 1.54) is 12.1 Å². The number of carbonyl (C=O) groups excluding carboxylic acids is 1. The number of hydrogen-bond acceptors (Lipinski definition) is 3. The molecule has 0 aliphatic carbocycles. The molecule has 0 fully saturated rings. The summed E-state index contributed by atoms with van der Waals surface area (Å²) >= 11 is 6.12. The van der Waals surface area contributed by atoms with Gasteiger partial charge in [-0.05, 0) is 30.3 Å². The van der Waals surface area contributed by atoms with Crippen molar-refractivity contribution in [3.05, 3.63) is 100 Å². The van der Waals surface area contributed by atoms with E-state index in [9.17, 15) is 9.18 Å². The molecule has 0 bridgehead atoms. The second-order valence-electron chi connectivity index (χ2n) is 6.00. The average Bonchev–Trinajstić information content (AvgIpc) is 2.98. The first-order valence-corrected chi connectivity index (χ1v) is 8.68. The minimum Gasteiger partial charge on any atom is -0.489 e. The first-order valence-electron chi connectivity index (χ1n) is 8.31. The minimum absolute atomic E-state index is 0.0818. The summed E-state index contributed by atoms with van der Waals surface area (Å²) in [6.45, 7) is 0.296. The maximum absolute atomic E-state index is 13.8. The normalized spacial score (nSPS) is 14.1. The fraction of sp³-hybridized carbons (Fsp3) is 0.0455. The lowest BCUT2D eigenvalue weighted by molar-refractivity contribution is 0.101. The third-order valence-corrected chi connectivity index (χ3v) is 4.55. The topological polar surface area (TPSA) is 35.5 Å². The first kappa shape index (κ1) is 17.3. The number of allylic oxidation sites excluding steroid dienone is 1. The molecule has 0 saturated heterocycles. The molecule has 134 valence electrons. The van der Waals surface area contributed by atoms with Gasteiger partial charge in [0.25, 0.3) is 0 Å². The van der Waals surface area contributed by atoms with Crippen LogP contribution in [0.1, 0.15) is 21.5 Å². The van der Waals surface area contributed by atoms with Crippen LogP contribution in [0.3, 0.4) is 0 Å². The molecular formula is C22H14ClFO3. The van der Waals surface area contributed by atoms with Gasteiger partial charge in [0.1, 0.15) is 23.9 Å². The van der Waals surface area contributed by atoms with Gasteiger partial charge in [0, 0.05) is 22.2 Å². The Hall–Kier alpha value is -3.11. The van der Waals surface area contributed by atoms with Crippen LogP contribution < -0.4 is 9.47 Å². The molecule has 1 aliphatic heterocycles. The Kier molecular flexibility index (Phi) is 4.65. The van der Waals surface area contributed by atoms with Crippen LogP contribution in [0, 0.1) is 5.82 Å². The van der Waals surface area contributed by atoms with Crippen molar-refractivity contribution in [2.24, 2.45) is 0 Å². The van der Waals surface area contributed by atoms with Gasteiger partial charge in [0.15, 0.2) is 5.76 Å². The van der Waals surface area contributed by atoms with Crippen molar-refractivity contribution in [1.29, 1.82) is 0 Å². The lowest BCUT2D eigenvalue weighted by Gasteiger charge is -2.08. The van der Waals surface area contributed by atoms with E-state index in [2.05, 4.69) is 0 Å².